The van der Waals surface area contributed by atoms with Crippen LogP contribution in [0.3, 0.4) is 0 Å². The predicted octanol–water partition coefficient (Wildman–Crippen LogP) is -1.71. The Bertz CT molecular complexity index is 468. The van der Waals surface area contributed by atoms with Gasteiger partial charge in [-0.05, 0) is 6.92 Å². The average molecular weight is 328 g/mol. The van der Waals surface area contributed by atoms with Gasteiger partial charge in [0, 0.05) is 40.1 Å². The number of amides is 4. The third-order valence-corrected chi connectivity index (χ3v) is 3.61. The van der Waals surface area contributed by atoms with Crippen molar-refractivity contribution in [1.82, 2.24) is 20.4 Å². The van der Waals surface area contributed by atoms with Gasteiger partial charge in [-0.1, -0.05) is 0 Å². The van der Waals surface area contributed by atoms with E-state index in [1.165, 1.54) is 16.9 Å². The maximum Gasteiger partial charge on any atom is 0.243 e. The van der Waals surface area contributed by atoms with Crippen LogP contribution in [-0.2, 0) is 23.9 Å². The molecule has 1 saturated heterocycles. The van der Waals surface area contributed by atoms with Crippen molar-refractivity contribution in [2.75, 3.05) is 40.5 Å². The van der Waals surface area contributed by atoms with Crippen LogP contribution < -0.4 is 10.6 Å². The van der Waals surface area contributed by atoms with E-state index in [0.717, 1.165) is 0 Å². The summed E-state index contributed by atoms with van der Waals surface area (Å²) in [7, 11) is 3.01. The summed E-state index contributed by atoms with van der Waals surface area (Å²) >= 11 is 0. The predicted molar refractivity (Wildman–Crippen MR) is 81.1 cm³/mol. The second kappa shape index (κ2) is 9.09. The molecule has 1 fully saturated rings. The summed E-state index contributed by atoms with van der Waals surface area (Å²) in [5, 5.41) is 5.17. The number of hydrogen-bond acceptors (Lipinski definition) is 5. The van der Waals surface area contributed by atoms with E-state index < -0.39 is 11.9 Å². The van der Waals surface area contributed by atoms with Crippen LogP contribution in [-0.4, -0.2) is 80.0 Å². The van der Waals surface area contributed by atoms with Gasteiger partial charge in [0.05, 0.1) is 6.54 Å². The Hall–Kier alpha value is -2.16. The number of carbonyl (C=O) groups is 4. The SMILES string of the molecule is COCN1C(=O)CCC(=O)NCCN(C)C(=O)CNC(=O)C1C. The normalized spacial score (nSPS) is 22.5. The van der Waals surface area contributed by atoms with Crippen LogP contribution >= 0.6 is 0 Å². The molecule has 0 aromatic carbocycles. The molecule has 0 spiro atoms. The summed E-state index contributed by atoms with van der Waals surface area (Å²) in [5.74, 6) is -1.35. The van der Waals surface area contributed by atoms with Crippen molar-refractivity contribution in [3.63, 3.8) is 0 Å². The Labute approximate surface area is 135 Å². The fraction of sp³-hybridized carbons (Fsp3) is 0.714. The summed E-state index contributed by atoms with van der Waals surface area (Å²) in [6.45, 7) is 1.94. The van der Waals surface area contributed by atoms with Crippen molar-refractivity contribution >= 4 is 23.6 Å². The van der Waals surface area contributed by atoms with Crippen molar-refractivity contribution < 1.29 is 23.9 Å². The van der Waals surface area contributed by atoms with Gasteiger partial charge in [0.15, 0.2) is 0 Å². The molecule has 1 heterocycles. The van der Waals surface area contributed by atoms with Crippen molar-refractivity contribution in [3.05, 3.63) is 0 Å². The standard InChI is InChI=1S/C14H24N4O5/c1-10-14(22)16-8-13(21)17(2)7-6-15-11(19)4-5-12(20)18(10)9-23-3/h10H,4-9H2,1-3H3,(H,15,19)(H,16,22). The summed E-state index contributed by atoms with van der Waals surface area (Å²) in [6, 6.07) is -0.799. The van der Waals surface area contributed by atoms with Crippen LogP contribution in [0.25, 0.3) is 0 Å². The van der Waals surface area contributed by atoms with E-state index in [9.17, 15) is 19.2 Å². The minimum atomic E-state index is -0.799. The molecule has 0 aromatic heterocycles. The van der Waals surface area contributed by atoms with Gasteiger partial charge in [-0.25, -0.2) is 0 Å². The highest BCUT2D eigenvalue weighted by Crippen LogP contribution is 2.05. The molecule has 1 atom stereocenters. The average Bonchev–Trinajstić information content (AvgIpc) is 2.53. The van der Waals surface area contributed by atoms with E-state index in [0.29, 0.717) is 13.1 Å². The second-order valence-corrected chi connectivity index (χ2v) is 5.34. The molecule has 9 heteroatoms. The third kappa shape index (κ3) is 5.85. The third-order valence-electron chi connectivity index (χ3n) is 3.61. The lowest BCUT2D eigenvalue weighted by molar-refractivity contribution is -0.146. The molecule has 1 unspecified atom stereocenters. The lowest BCUT2D eigenvalue weighted by Gasteiger charge is -2.28. The molecular weight excluding hydrogens is 304 g/mol. The molecule has 0 radical (unpaired) electrons. The molecule has 4 amide bonds. The Morgan fingerprint density at radius 3 is 2.48 bits per heavy atom. The van der Waals surface area contributed by atoms with Crippen LogP contribution in [0.15, 0.2) is 0 Å². The van der Waals surface area contributed by atoms with Gasteiger partial charge in [0.1, 0.15) is 12.8 Å². The van der Waals surface area contributed by atoms with Crippen molar-refractivity contribution in [2.24, 2.45) is 0 Å². The van der Waals surface area contributed by atoms with Gasteiger partial charge in [-0.15, -0.1) is 0 Å². The molecular formula is C14H24N4O5. The number of likely N-dealkylation sites (N-methyl/N-ethyl adjacent to an activating group) is 1. The first-order chi connectivity index (χ1) is 10.9. The first-order valence-electron chi connectivity index (χ1n) is 7.43. The maximum atomic E-state index is 12.2. The van der Waals surface area contributed by atoms with Gasteiger partial charge >= 0.3 is 0 Å². The molecule has 1 rings (SSSR count). The van der Waals surface area contributed by atoms with Gasteiger partial charge in [0.25, 0.3) is 0 Å². The van der Waals surface area contributed by atoms with Gasteiger partial charge < -0.3 is 25.2 Å². The molecule has 0 saturated carbocycles. The summed E-state index contributed by atoms with van der Waals surface area (Å²) in [6.07, 6.45) is 0.00658. The number of nitrogens with one attached hydrogen (secondary N) is 2. The summed E-state index contributed by atoms with van der Waals surface area (Å²) < 4.78 is 4.95. The van der Waals surface area contributed by atoms with E-state index in [4.69, 9.17) is 4.74 Å². The fourth-order valence-electron chi connectivity index (χ4n) is 2.07. The number of methoxy groups -OCH3 is 1. The van der Waals surface area contributed by atoms with E-state index >= 15 is 0 Å². The van der Waals surface area contributed by atoms with Crippen LogP contribution in [0, 0.1) is 0 Å². The number of carbonyl (C=O) groups excluding carboxylic acids is 4. The van der Waals surface area contributed by atoms with Gasteiger partial charge in [-0.3, -0.25) is 19.2 Å². The minimum absolute atomic E-state index is 0.0123. The molecule has 130 valence electrons. The zero-order chi connectivity index (χ0) is 17.4. The number of rotatable bonds is 2. The van der Waals surface area contributed by atoms with Gasteiger partial charge in [0.2, 0.25) is 23.6 Å². The topological polar surface area (TPSA) is 108 Å². The molecule has 1 aliphatic heterocycles. The monoisotopic (exact) mass is 328 g/mol. The Kier molecular flexibility index (Phi) is 7.46. The maximum absolute atomic E-state index is 12.2. The highest BCUT2D eigenvalue weighted by atomic mass is 16.5. The molecule has 23 heavy (non-hydrogen) atoms. The molecule has 0 aromatic rings. The van der Waals surface area contributed by atoms with Crippen LogP contribution in [0.1, 0.15) is 19.8 Å². The van der Waals surface area contributed by atoms with Crippen molar-refractivity contribution in [3.8, 4) is 0 Å². The second-order valence-electron chi connectivity index (χ2n) is 5.34. The summed E-state index contributed by atoms with van der Waals surface area (Å²) in [5.41, 5.74) is 0. The van der Waals surface area contributed by atoms with E-state index in [1.807, 2.05) is 0 Å². The van der Waals surface area contributed by atoms with Crippen LogP contribution in [0.2, 0.25) is 0 Å². The number of nitrogens with zero attached hydrogens (tertiary/aromatic N) is 2. The number of ether oxygens (including phenoxy) is 1. The largest absolute Gasteiger partial charge is 0.364 e. The zero-order valence-corrected chi connectivity index (χ0v) is 13.8. The van der Waals surface area contributed by atoms with Crippen LogP contribution in [0.5, 0.6) is 0 Å². The van der Waals surface area contributed by atoms with Crippen LogP contribution in [0.4, 0.5) is 0 Å². The lowest BCUT2D eigenvalue weighted by Crippen LogP contribution is -2.51. The Morgan fingerprint density at radius 2 is 1.83 bits per heavy atom. The zero-order valence-electron chi connectivity index (χ0n) is 13.8. The Balaban J connectivity index is 2.86. The molecule has 9 nitrogen and oxygen atoms in total. The smallest absolute Gasteiger partial charge is 0.243 e. The van der Waals surface area contributed by atoms with Crippen molar-refractivity contribution in [2.45, 2.75) is 25.8 Å². The highest BCUT2D eigenvalue weighted by Gasteiger charge is 2.26. The minimum Gasteiger partial charge on any atom is -0.364 e. The van der Waals surface area contributed by atoms with Gasteiger partial charge in [-0.2, -0.15) is 0 Å². The first-order valence-corrected chi connectivity index (χ1v) is 7.43. The summed E-state index contributed by atoms with van der Waals surface area (Å²) in [4.78, 5) is 50.6. The Morgan fingerprint density at radius 1 is 1.13 bits per heavy atom. The molecule has 1 aliphatic rings. The molecule has 0 aliphatic carbocycles. The highest BCUT2D eigenvalue weighted by molar-refractivity contribution is 5.91. The molecule has 0 bridgehead atoms. The fourth-order valence-corrected chi connectivity index (χ4v) is 2.07. The molecule has 2 N–H and O–H groups in total. The number of hydrogen-bond donors (Lipinski definition) is 2. The first kappa shape index (κ1) is 18.9. The van der Waals surface area contributed by atoms with E-state index in [-0.39, 0.29) is 43.8 Å². The quantitative estimate of drug-likeness (QED) is 0.628. The van der Waals surface area contributed by atoms with E-state index in [2.05, 4.69) is 10.6 Å². The van der Waals surface area contributed by atoms with Crippen molar-refractivity contribution in [1.29, 1.82) is 0 Å². The lowest BCUT2D eigenvalue weighted by atomic mass is 10.2. The van der Waals surface area contributed by atoms with E-state index in [1.54, 1.807) is 14.0 Å².